The van der Waals surface area contributed by atoms with E-state index in [-0.39, 0.29) is 11.9 Å². The van der Waals surface area contributed by atoms with E-state index in [1.54, 1.807) is 6.07 Å². The van der Waals surface area contributed by atoms with Crippen molar-refractivity contribution in [1.29, 1.82) is 0 Å². The molecule has 2 nitrogen and oxygen atoms in total. The minimum absolute atomic E-state index is 0.0910. The number of hydrogen-bond donors (Lipinski definition) is 1. The van der Waals surface area contributed by atoms with Gasteiger partial charge in [-0.2, -0.15) is 0 Å². The Morgan fingerprint density at radius 1 is 1.36 bits per heavy atom. The fourth-order valence-corrected chi connectivity index (χ4v) is 1.62. The van der Waals surface area contributed by atoms with Crippen molar-refractivity contribution in [3.05, 3.63) is 29.3 Å². The Morgan fingerprint density at radius 3 is 2.86 bits per heavy atom. The molecule has 0 unspecified atom stereocenters. The second-order valence-electron chi connectivity index (χ2n) is 3.79. The van der Waals surface area contributed by atoms with Crippen molar-refractivity contribution in [3.8, 4) is 11.5 Å². The Balaban J connectivity index is 2.35. The first kappa shape index (κ1) is 9.13. The third-order valence-electron chi connectivity index (χ3n) is 2.22. The van der Waals surface area contributed by atoms with Crippen LogP contribution < -0.4 is 4.74 Å². The second-order valence-corrected chi connectivity index (χ2v) is 3.79. The summed E-state index contributed by atoms with van der Waals surface area (Å²) in [6.45, 7) is 3.90. The zero-order valence-corrected chi connectivity index (χ0v) is 8.45. The van der Waals surface area contributed by atoms with Gasteiger partial charge in [-0.15, -0.1) is 0 Å². The van der Waals surface area contributed by atoms with Gasteiger partial charge in [-0.3, -0.25) is 0 Å². The minimum atomic E-state index is 0.0910. The number of phenols is 1. The monoisotopic (exact) mass is 190 g/mol. The van der Waals surface area contributed by atoms with Gasteiger partial charge in [-0.05, 0) is 43.5 Å². The largest absolute Gasteiger partial charge is 0.504 e. The minimum Gasteiger partial charge on any atom is -0.504 e. The molecule has 1 aromatic carbocycles. The van der Waals surface area contributed by atoms with E-state index in [0.717, 1.165) is 12.0 Å². The summed E-state index contributed by atoms with van der Waals surface area (Å²) < 4.78 is 5.49. The second kappa shape index (κ2) is 3.37. The lowest BCUT2D eigenvalue weighted by Crippen LogP contribution is -2.06. The van der Waals surface area contributed by atoms with Crippen LogP contribution in [0.2, 0.25) is 0 Å². The van der Waals surface area contributed by atoms with E-state index in [4.69, 9.17) is 4.74 Å². The van der Waals surface area contributed by atoms with Crippen molar-refractivity contribution in [1.82, 2.24) is 0 Å². The number of allylic oxidation sites excluding steroid dienone is 1. The number of ether oxygens (including phenoxy) is 1. The summed E-state index contributed by atoms with van der Waals surface area (Å²) in [5.41, 5.74) is 2.32. The van der Waals surface area contributed by atoms with Crippen LogP contribution in [0.4, 0.5) is 0 Å². The molecule has 0 heterocycles. The molecule has 0 fully saturated rings. The van der Waals surface area contributed by atoms with Gasteiger partial charge in [-0.25, -0.2) is 0 Å². The SMILES string of the molecule is CC(C)Oc1cc2c(cc1O)C=CC2. The topological polar surface area (TPSA) is 29.5 Å². The van der Waals surface area contributed by atoms with Crippen LogP contribution in [0.25, 0.3) is 6.08 Å². The molecule has 0 aliphatic heterocycles. The standard InChI is InChI=1S/C12H14O2/c1-8(2)14-12-7-10-5-3-4-9(10)6-11(12)13/h3-4,6-8,13H,5H2,1-2H3. The lowest BCUT2D eigenvalue weighted by molar-refractivity contribution is 0.231. The molecule has 0 atom stereocenters. The first-order valence-electron chi connectivity index (χ1n) is 4.86. The molecule has 1 aliphatic rings. The van der Waals surface area contributed by atoms with E-state index in [1.165, 1.54) is 5.56 Å². The van der Waals surface area contributed by atoms with Gasteiger partial charge in [0.2, 0.25) is 0 Å². The maximum Gasteiger partial charge on any atom is 0.161 e. The maximum atomic E-state index is 9.66. The lowest BCUT2D eigenvalue weighted by Gasteiger charge is -2.12. The number of benzene rings is 1. The maximum absolute atomic E-state index is 9.66. The Labute approximate surface area is 83.8 Å². The Bertz CT molecular complexity index is 378. The van der Waals surface area contributed by atoms with E-state index >= 15 is 0 Å². The Kier molecular flexibility index (Phi) is 2.20. The average molecular weight is 190 g/mol. The quantitative estimate of drug-likeness (QED) is 0.777. The third kappa shape index (κ3) is 1.60. The summed E-state index contributed by atoms with van der Waals surface area (Å²) in [5, 5.41) is 9.66. The molecule has 0 radical (unpaired) electrons. The zero-order valence-electron chi connectivity index (χ0n) is 8.45. The Hall–Kier alpha value is -1.44. The molecule has 0 bridgehead atoms. The highest BCUT2D eigenvalue weighted by Crippen LogP contribution is 2.33. The summed E-state index contributed by atoms with van der Waals surface area (Å²) in [5.74, 6) is 0.812. The summed E-state index contributed by atoms with van der Waals surface area (Å²) in [4.78, 5) is 0. The van der Waals surface area contributed by atoms with Crippen molar-refractivity contribution in [2.75, 3.05) is 0 Å². The van der Waals surface area contributed by atoms with Crippen LogP contribution >= 0.6 is 0 Å². The van der Waals surface area contributed by atoms with E-state index in [2.05, 4.69) is 6.08 Å². The molecule has 0 saturated carbocycles. The zero-order chi connectivity index (χ0) is 10.1. The first-order chi connectivity index (χ1) is 6.66. The summed E-state index contributed by atoms with van der Waals surface area (Å²) in [6, 6.07) is 3.68. The van der Waals surface area contributed by atoms with Crippen LogP contribution in [0.3, 0.4) is 0 Å². The van der Waals surface area contributed by atoms with Gasteiger partial charge in [0.25, 0.3) is 0 Å². The van der Waals surface area contributed by atoms with Crippen LogP contribution in [-0.2, 0) is 6.42 Å². The van der Waals surface area contributed by atoms with Gasteiger partial charge in [0.15, 0.2) is 11.5 Å². The summed E-state index contributed by atoms with van der Waals surface area (Å²) in [6.07, 6.45) is 5.13. The smallest absolute Gasteiger partial charge is 0.161 e. The number of hydrogen-bond acceptors (Lipinski definition) is 2. The molecular weight excluding hydrogens is 176 g/mol. The summed E-state index contributed by atoms with van der Waals surface area (Å²) >= 11 is 0. The predicted molar refractivity (Wildman–Crippen MR) is 56.6 cm³/mol. The van der Waals surface area contributed by atoms with E-state index < -0.39 is 0 Å². The molecule has 1 N–H and O–H groups in total. The van der Waals surface area contributed by atoms with Crippen molar-refractivity contribution < 1.29 is 9.84 Å². The van der Waals surface area contributed by atoms with E-state index in [9.17, 15) is 5.11 Å². The van der Waals surface area contributed by atoms with Crippen LogP contribution in [0.1, 0.15) is 25.0 Å². The Morgan fingerprint density at radius 2 is 2.14 bits per heavy atom. The lowest BCUT2D eigenvalue weighted by atomic mass is 10.1. The van der Waals surface area contributed by atoms with Crippen molar-refractivity contribution in [3.63, 3.8) is 0 Å². The fraction of sp³-hybridized carbons (Fsp3) is 0.333. The van der Waals surface area contributed by atoms with Crippen LogP contribution in [0.5, 0.6) is 11.5 Å². The van der Waals surface area contributed by atoms with E-state index in [0.29, 0.717) is 5.75 Å². The highest BCUT2D eigenvalue weighted by Gasteiger charge is 2.11. The normalized spacial score (nSPS) is 13.4. The molecule has 2 heteroatoms. The van der Waals surface area contributed by atoms with Gasteiger partial charge in [0.1, 0.15) is 0 Å². The number of fused-ring (bicyclic) bond motifs is 1. The van der Waals surface area contributed by atoms with Crippen LogP contribution in [0, 0.1) is 0 Å². The van der Waals surface area contributed by atoms with Crippen LogP contribution in [-0.4, -0.2) is 11.2 Å². The molecular formula is C12H14O2. The number of phenolic OH excluding ortho intramolecular Hbond substituents is 1. The fourth-order valence-electron chi connectivity index (χ4n) is 1.62. The number of aromatic hydroxyl groups is 1. The van der Waals surface area contributed by atoms with Crippen molar-refractivity contribution in [2.24, 2.45) is 0 Å². The molecule has 1 aliphatic carbocycles. The molecule has 0 spiro atoms. The van der Waals surface area contributed by atoms with Crippen LogP contribution in [0.15, 0.2) is 18.2 Å². The molecule has 2 rings (SSSR count). The molecule has 0 saturated heterocycles. The van der Waals surface area contributed by atoms with Gasteiger partial charge in [0.05, 0.1) is 6.10 Å². The van der Waals surface area contributed by atoms with Gasteiger partial charge < -0.3 is 9.84 Å². The third-order valence-corrected chi connectivity index (χ3v) is 2.22. The summed E-state index contributed by atoms with van der Waals surface area (Å²) in [7, 11) is 0. The highest BCUT2D eigenvalue weighted by molar-refractivity contribution is 5.64. The molecule has 74 valence electrons. The van der Waals surface area contributed by atoms with Crippen molar-refractivity contribution in [2.45, 2.75) is 26.4 Å². The van der Waals surface area contributed by atoms with Crippen molar-refractivity contribution >= 4 is 6.08 Å². The number of rotatable bonds is 2. The molecule has 0 aromatic heterocycles. The molecule has 14 heavy (non-hydrogen) atoms. The highest BCUT2D eigenvalue weighted by atomic mass is 16.5. The first-order valence-corrected chi connectivity index (χ1v) is 4.86. The predicted octanol–water partition coefficient (Wildman–Crippen LogP) is 2.75. The van der Waals surface area contributed by atoms with Gasteiger partial charge in [-0.1, -0.05) is 12.2 Å². The van der Waals surface area contributed by atoms with Gasteiger partial charge in [0, 0.05) is 0 Å². The molecule has 1 aromatic rings. The van der Waals surface area contributed by atoms with E-state index in [1.807, 2.05) is 26.0 Å². The molecule has 0 amide bonds. The average Bonchev–Trinajstić information content (AvgIpc) is 2.51. The van der Waals surface area contributed by atoms with Gasteiger partial charge >= 0.3 is 0 Å².